The third-order valence-corrected chi connectivity index (χ3v) is 2.82. The second kappa shape index (κ2) is 5.67. The van der Waals surface area contributed by atoms with Gasteiger partial charge >= 0.3 is 12.1 Å². The molecule has 0 aliphatic rings. The Labute approximate surface area is 103 Å². The zero-order chi connectivity index (χ0) is 14.9. The molecule has 2 atom stereocenters. The predicted molar refractivity (Wildman–Crippen MR) is 57.5 cm³/mol. The van der Waals surface area contributed by atoms with E-state index in [4.69, 9.17) is 0 Å². The Hall–Kier alpha value is -0.460. The summed E-state index contributed by atoms with van der Waals surface area (Å²) >= 11 is 0. The van der Waals surface area contributed by atoms with Crippen molar-refractivity contribution in [3.05, 3.63) is 0 Å². The van der Waals surface area contributed by atoms with Crippen LogP contribution in [0.4, 0.5) is 26.3 Å². The van der Waals surface area contributed by atoms with Crippen LogP contribution in [0.2, 0.25) is 0 Å². The number of alkyl halides is 6. The molecule has 0 radical (unpaired) electrons. The van der Waals surface area contributed by atoms with Gasteiger partial charge < -0.3 is 0 Å². The first-order valence-electron chi connectivity index (χ1n) is 5.69. The molecule has 0 heterocycles. The van der Waals surface area contributed by atoms with Crippen molar-refractivity contribution in [2.24, 2.45) is 0 Å². The Morgan fingerprint density at radius 3 is 1.33 bits per heavy atom. The second-order valence-electron chi connectivity index (χ2n) is 4.89. The Balaban J connectivity index is 5.21. The summed E-state index contributed by atoms with van der Waals surface area (Å²) < 4.78 is 76.3. The molecule has 0 saturated carbocycles. The number of nitrogens with zero attached hydrogens (tertiary/aromatic N) is 1. The van der Waals surface area contributed by atoms with Crippen molar-refractivity contribution in [1.82, 2.24) is 4.90 Å². The molecule has 0 spiro atoms. The summed E-state index contributed by atoms with van der Waals surface area (Å²) in [6.07, 6.45) is -9.71. The first kappa shape index (κ1) is 17.5. The average molecular weight is 279 g/mol. The summed E-state index contributed by atoms with van der Waals surface area (Å²) in [4.78, 5) is 1.16. The summed E-state index contributed by atoms with van der Waals surface area (Å²) in [5.74, 6) is -4.48. The highest BCUT2D eigenvalue weighted by molar-refractivity contribution is 4.94. The van der Waals surface area contributed by atoms with E-state index in [9.17, 15) is 26.3 Å². The minimum atomic E-state index is -5.56. The van der Waals surface area contributed by atoms with Crippen LogP contribution in [0.15, 0.2) is 0 Å². The molecule has 0 aromatic heterocycles. The van der Waals surface area contributed by atoms with E-state index in [0.29, 0.717) is 0 Å². The van der Waals surface area contributed by atoms with Crippen molar-refractivity contribution in [2.75, 3.05) is 0 Å². The van der Waals surface area contributed by atoms with Crippen LogP contribution in [0.1, 0.15) is 34.6 Å². The zero-order valence-electron chi connectivity index (χ0n) is 11.0. The summed E-state index contributed by atoms with van der Waals surface area (Å²) in [5.41, 5.74) is 0. The van der Waals surface area contributed by atoms with E-state index < -0.39 is 36.4 Å². The van der Waals surface area contributed by atoms with Gasteiger partial charge in [0.05, 0.1) is 6.04 Å². The molecule has 0 fully saturated rings. The molecule has 110 valence electrons. The van der Waals surface area contributed by atoms with Crippen LogP contribution in [0.5, 0.6) is 0 Å². The smallest absolute Gasteiger partial charge is 0.290 e. The first-order chi connectivity index (χ1) is 7.83. The first-order valence-corrected chi connectivity index (χ1v) is 5.69. The van der Waals surface area contributed by atoms with Crippen molar-refractivity contribution in [3.63, 3.8) is 0 Å². The molecule has 0 N–H and O–H groups in total. The van der Waals surface area contributed by atoms with Crippen LogP contribution in [-0.4, -0.2) is 41.3 Å². The zero-order valence-corrected chi connectivity index (χ0v) is 11.0. The fraction of sp³-hybridized carbons (Fsp3) is 1.00. The highest BCUT2D eigenvalue weighted by atomic mass is 19.4. The largest absolute Gasteiger partial charge is 0.425 e. The molecule has 0 aliphatic heterocycles. The van der Waals surface area contributed by atoms with E-state index in [1.54, 1.807) is 27.7 Å². The lowest BCUT2D eigenvalue weighted by molar-refractivity contribution is -0.260. The van der Waals surface area contributed by atoms with Crippen LogP contribution < -0.4 is 0 Å². The fourth-order valence-electron chi connectivity index (χ4n) is 2.12. The monoisotopic (exact) mass is 279 g/mol. The van der Waals surface area contributed by atoms with E-state index >= 15 is 0 Å². The predicted octanol–water partition coefficient (Wildman–Crippen LogP) is 4.03. The minimum absolute atomic E-state index is 0.411. The van der Waals surface area contributed by atoms with E-state index in [0.717, 1.165) is 6.92 Å². The fourth-order valence-corrected chi connectivity index (χ4v) is 2.12. The van der Waals surface area contributed by atoms with Crippen LogP contribution in [0.3, 0.4) is 0 Å². The molecule has 0 aromatic rings. The highest BCUT2D eigenvalue weighted by Crippen LogP contribution is 2.39. The Bertz CT molecular complexity index is 253. The van der Waals surface area contributed by atoms with Crippen molar-refractivity contribution >= 4 is 0 Å². The molecule has 0 bridgehead atoms. The van der Waals surface area contributed by atoms with Gasteiger partial charge in [-0.15, -0.1) is 0 Å². The number of halogens is 6. The van der Waals surface area contributed by atoms with Gasteiger partial charge in [-0.05, 0) is 34.6 Å². The lowest BCUT2D eigenvalue weighted by atomic mass is 10.0. The van der Waals surface area contributed by atoms with Crippen molar-refractivity contribution in [2.45, 2.75) is 71.0 Å². The Morgan fingerprint density at radius 2 is 1.11 bits per heavy atom. The van der Waals surface area contributed by atoms with Gasteiger partial charge in [-0.2, -0.15) is 13.2 Å². The van der Waals surface area contributed by atoms with Gasteiger partial charge in [-0.3, -0.25) is 4.90 Å². The molecule has 0 saturated heterocycles. The summed E-state index contributed by atoms with van der Waals surface area (Å²) in [7, 11) is 0. The van der Waals surface area contributed by atoms with Gasteiger partial charge in [0.25, 0.3) is 6.17 Å². The average Bonchev–Trinajstić information content (AvgIpc) is 2.13. The molecule has 0 amide bonds. The number of hydrogen-bond donors (Lipinski definition) is 0. The lowest BCUT2D eigenvalue weighted by Gasteiger charge is -2.41. The lowest BCUT2D eigenvalue weighted by Crippen LogP contribution is -2.58. The van der Waals surface area contributed by atoms with Crippen LogP contribution in [0.25, 0.3) is 0 Å². The van der Waals surface area contributed by atoms with Crippen molar-refractivity contribution in [1.29, 1.82) is 0 Å². The molecule has 0 aliphatic carbocycles. The number of rotatable bonds is 5. The summed E-state index contributed by atoms with van der Waals surface area (Å²) in [6.45, 7) is 7.22. The molecule has 18 heavy (non-hydrogen) atoms. The molecule has 2 unspecified atom stereocenters. The van der Waals surface area contributed by atoms with Crippen LogP contribution >= 0.6 is 0 Å². The van der Waals surface area contributed by atoms with E-state index in [-0.39, 0.29) is 0 Å². The quantitative estimate of drug-likeness (QED) is 0.687. The van der Waals surface area contributed by atoms with Crippen molar-refractivity contribution in [3.8, 4) is 0 Å². The highest BCUT2D eigenvalue weighted by Gasteiger charge is 2.60. The molecule has 0 aromatic carbocycles. The molecular formula is C11H19F6N. The summed E-state index contributed by atoms with van der Waals surface area (Å²) in [6, 6.07) is -2.66. The topological polar surface area (TPSA) is 3.24 Å². The minimum Gasteiger partial charge on any atom is -0.290 e. The maximum absolute atomic E-state index is 13.5. The Kier molecular flexibility index (Phi) is 5.53. The van der Waals surface area contributed by atoms with E-state index in [1.807, 2.05) is 0 Å². The third kappa shape index (κ3) is 3.76. The van der Waals surface area contributed by atoms with Crippen molar-refractivity contribution < 1.29 is 26.3 Å². The van der Waals surface area contributed by atoms with E-state index in [2.05, 4.69) is 0 Å². The number of hydrogen-bond acceptors (Lipinski definition) is 1. The molecule has 1 nitrogen and oxygen atoms in total. The van der Waals surface area contributed by atoms with Crippen LogP contribution in [0, 0.1) is 0 Å². The normalized spacial score (nSPS) is 17.7. The molecule has 7 heteroatoms. The summed E-state index contributed by atoms with van der Waals surface area (Å²) in [5, 5.41) is 0. The van der Waals surface area contributed by atoms with Gasteiger partial charge in [0.15, 0.2) is 0 Å². The van der Waals surface area contributed by atoms with E-state index in [1.165, 1.54) is 4.90 Å². The third-order valence-electron chi connectivity index (χ3n) is 2.82. The van der Waals surface area contributed by atoms with Gasteiger partial charge in [0.2, 0.25) is 0 Å². The van der Waals surface area contributed by atoms with Gasteiger partial charge in [-0.1, -0.05) is 0 Å². The van der Waals surface area contributed by atoms with Gasteiger partial charge in [0, 0.05) is 12.1 Å². The van der Waals surface area contributed by atoms with Crippen LogP contribution in [-0.2, 0) is 0 Å². The van der Waals surface area contributed by atoms with Gasteiger partial charge in [-0.25, -0.2) is 13.2 Å². The maximum Gasteiger partial charge on any atom is 0.425 e. The maximum atomic E-state index is 13.5. The molecule has 0 rings (SSSR count). The SMILES string of the molecule is CC(C)N(C(C)C)C(C)C(F)(F)C(F)C(F)(F)F. The second-order valence-corrected chi connectivity index (χ2v) is 4.89. The molecular weight excluding hydrogens is 260 g/mol. The van der Waals surface area contributed by atoms with Gasteiger partial charge in [0.1, 0.15) is 0 Å². The standard InChI is InChI=1S/C11H19F6N/c1-6(2)18(7(3)4)8(5)10(13,14)9(12)11(15,16)17/h6-9H,1-5H3. The Morgan fingerprint density at radius 1 is 0.778 bits per heavy atom.